The molecule has 2 aromatic heterocycles. The number of rotatable bonds is 6. The molecule has 0 aliphatic rings. The van der Waals surface area contributed by atoms with Crippen LogP contribution in [0.1, 0.15) is 22.5 Å². The molecule has 0 N–H and O–H groups in total. The predicted molar refractivity (Wildman–Crippen MR) is 124 cm³/mol. The summed E-state index contributed by atoms with van der Waals surface area (Å²) in [6, 6.07) is 15.7. The number of carbonyl (C=O) groups excluding carboxylic acids is 1. The van der Waals surface area contributed by atoms with Crippen molar-refractivity contribution in [3.05, 3.63) is 76.1 Å². The van der Waals surface area contributed by atoms with Crippen molar-refractivity contribution < 1.29 is 4.79 Å². The fourth-order valence-electron chi connectivity index (χ4n) is 3.49. The first-order valence-electron chi connectivity index (χ1n) is 9.83. The Kier molecular flexibility index (Phi) is 5.88. The third-order valence-corrected chi connectivity index (χ3v) is 6.56. The molecule has 0 fully saturated rings. The number of hydrogen-bond donors (Lipinski definition) is 0. The van der Waals surface area contributed by atoms with Crippen molar-refractivity contribution in [1.29, 1.82) is 0 Å². The van der Waals surface area contributed by atoms with Crippen molar-refractivity contribution in [3.8, 4) is 0 Å². The Balaban J connectivity index is 1.66. The Morgan fingerprint density at radius 1 is 1.13 bits per heavy atom. The lowest BCUT2D eigenvalue weighted by Gasteiger charge is -2.20. The molecule has 0 aliphatic carbocycles. The molecule has 5 nitrogen and oxygen atoms in total. The summed E-state index contributed by atoms with van der Waals surface area (Å²) in [7, 11) is 0. The smallest absolute Gasteiger partial charge is 0.233 e. The Bertz CT molecular complexity index is 1200. The van der Waals surface area contributed by atoms with Gasteiger partial charge >= 0.3 is 0 Å². The van der Waals surface area contributed by atoms with Gasteiger partial charge in [0.15, 0.2) is 5.13 Å². The van der Waals surface area contributed by atoms with E-state index in [4.69, 9.17) is 16.6 Å². The Hall–Kier alpha value is -2.70. The standard InChI is InChI=1S/C23H23ClN4OS/c1-15-13-16(2)28(26-15)12-11-27(21(29)14-18-7-5-4-6-8-18)23-25-22-17(3)19(24)9-10-20(22)30-23/h4-10,13H,11-12,14H2,1-3H3. The number of amides is 1. The van der Waals surface area contributed by atoms with Crippen molar-refractivity contribution in [2.75, 3.05) is 11.4 Å². The van der Waals surface area contributed by atoms with Gasteiger partial charge in [0, 0.05) is 17.3 Å². The first-order chi connectivity index (χ1) is 14.4. The molecule has 0 bridgehead atoms. The van der Waals surface area contributed by atoms with E-state index in [-0.39, 0.29) is 5.91 Å². The Morgan fingerprint density at radius 3 is 2.60 bits per heavy atom. The van der Waals surface area contributed by atoms with E-state index in [1.54, 1.807) is 4.90 Å². The van der Waals surface area contributed by atoms with E-state index in [2.05, 4.69) is 5.10 Å². The molecule has 0 spiro atoms. The van der Waals surface area contributed by atoms with Gasteiger partial charge in [-0.2, -0.15) is 5.10 Å². The number of halogens is 1. The third-order valence-electron chi connectivity index (χ3n) is 5.11. The van der Waals surface area contributed by atoms with Crippen LogP contribution in [0.15, 0.2) is 48.5 Å². The number of aromatic nitrogens is 3. The number of benzene rings is 2. The summed E-state index contributed by atoms with van der Waals surface area (Å²) in [5.41, 5.74) is 4.82. The lowest BCUT2D eigenvalue weighted by Crippen LogP contribution is -2.35. The van der Waals surface area contributed by atoms with Crippen molar-refractivity contribution in [2.45, 2.75) is 33.7 Å². The Morgan fingerprint density at radius 2 is 1.90 bits per heavy atom. The summed E-state index contributed by atoms with van der Waals surface area (Å²) in [6.45, 7) is 7.07. The van der Waals surface area contributed by atoms with Gasteiger partial charge in [0.2, 0.25) is 5.91 Å². The molecule has 2 heterocycles. The number of nitrogens with zero attached hydrogens (tertiary/aromatic N) is 4. The Labute approximate surface area is 184 Å². The number of aryl methyl sites for hydroxylation is 3. The molecule has 1 amide bonds. The van der Waals surface area contributed by atoms with Crippen molar-refractivity contribution in [1.82, 2.24) is 14.8 Å². The summed E-state index contributed by atoms with van der Waals surface area (Å²) < 4.78 is 2.96. The van der Waals surface area contributed by atoms with Gasteiger partial charge in [-0.25, -0.2) is 4.98 Å². The molecule has 0 radical (unpaired) electrons. The molecule has 2 aromatic carbocycles. The average molecular weight is 439 g/mol. The second-order valence-electron chi connectivity index (χ2n) is 7.37. The van der Waals surface area contributed by atoms with Crippen LogP contribution in [0.25, 0.3) is 10.2 Å². The van der Waals surface area contributed by atoms with Crippen LogP contribution in [0, 0.1) is 20.8 Å². The zero-order valence-electron chi connectivity index (χ0n) is 17.2. The second-order valence-corrected chi connectivity index (χ2v) is 8.79. The molecular weight excluding hydrogens is 416 g/mol. The highest BCUT2D eigenvalue weighted by Gasteiger charge is 2.21. The molecule has 7 heteroatoms. The molecule has 0 saturated carbocycles. The minimum atomic E-state index is 0.0190. The summed E-state index contributed by atoms with van der Waals surface area (Å²) in [4.78, 5) is 19.9. The second kappa shape index (κ2) is 8.58. The minimum absolute atomic E-state index is 0.0190. The fourth-order valence-corrected chi connectivity index (χ4v) is 4.71. The molecule has 0 saturated heterocycles. The maximum absolute atomic E-state index is 13.3. The van der Waals surface area contributed by atoms with Gasteiger partial charge in [-0.05, 0) is 50.1 Å². The van der Waals surface area contributed by atoms with Crippen LogP contribution in [0.5, 0.6) is 0 Å². The zero-order chi connectivity index (χ0) is 21.3. The van der Waals surface area contributed by atoms with E-state index in [0.29, 0.717) is 29.7 Å². The van der Waals surface area contributed by atoms with Gasteiger partial charge in [-0.1, -0.05) is 53.3 Å². The van der Waals surface area contributed by atoms with Crippen molar-refractivity contribution >= 4 is 44.2 Å². The number of hydrogen-bond acceptors (Lipinski definition) is 4. The van der Waals surface area contributed by atoms with Crippen LogP contribution >= 0.6 is 22.9 Å². The molecule has 4 aromatic rings. The summed E-state index contributed by atoms with van der Waals surface area (Å²) in [5.74, 6) is 0.0190. The van der Waals surface area contributed by atoms with Crippen molar-refractivity contribution in [3.63, 3.8) is 0 Å². The SMILES string of the molecule is Cc1cc(C)n(CCN(C(=O)Cc2ccccc2)c2nc3c(C)c(Cl)ccc3s2)n1. The molecular formula is C23H23ClN4OS. The van der Waals surface area contributed by atoms with Gasteiger partial charge in [0.05, 0.1) is 28.9 Å². The normalized spacial score (nSPS) is 11.2. The number of fused-ring (bicyclic) bond motifs is 1. The van der Waals surface area contributed by atoms with Crippen LogP contribution in [0.3, 0.4) is 0 Å². The predicted octanol–water partition coefficient (Wildman–Crippen LogP) is 5.35. The van der Waals surface area contributed by atoms with Gasteiger partial charge in [-0.15, -0.1) is 0 Å². The van der Waals surface area contributed by atoms with E-state index < -0.39 is 0 Å². The fraction of sp³-hybridized carbons (Fsp3) is 0.261. The van der Waals surface area contributed by atoms with Crippen LogP contribution < -0.4 is 4.90 Å². The molecule has 4 rings (SSSR count). The lowest BCUT2D eigenvalue weighted by molar-refractivity contribution is -0.118. The maximum Gasteiger partial charge on any atom is 0.233 e. The van der Waals surface area contributed by atoms with Crippen LogP contribution in [-0.4, -0.2) is 27.2 Å². The molecule has 0 atom stereocenters. The van der Waals surface area contributed by atoms with Gasteiger partial charge in [0.25, 0.3) is 0 Å². The maximum atomic E-state index is 13.3. The van der Waals surface area contributed by atoms with Crippen LogP contribution in [0.4, 0.5) is 5.13 Å². The molecule has 30 heavy (non-hydrogen) atoms. The van der Waals surface area contributed by atoms with Crippen LogP contribution in [-0.2, 0) is 17.8 Å². The largest absolute Gasteiger partial charge is 0.286 e. The topological polar surface area (TPSA) is 51.0 Å². The van der Waals surface area contributed by atoms with Gasteiger partial charge in [-0.3, -0.25) is 14.4 Å². The number of anilines is 1. The highest BCUT2D eigenvalue weighted by Crippen LogP contribution is 2.33. The van der Waals surface area contributed by atoms with Gasteiger partial charge in [0.1, 0.15) is 0 Å². The molecule has 0 aliphatic heterocycles. The summed E-state index contributed by atoms with van der Waals surface area (Å²) in [5, 5.41) is 5.91. The zero-order valence-corrected chi connectivity index (χ0v) is 18.8. The molecule has 154 valence electrons. The highest BCUT2D eigenvalue weighted by atomic mass is 35.5. The van der Waals surface area contributed by atoms with E-state index in [9.17, 15) is 4.79 Å². The quantitative estimate of drug-likeness (QED) is 0.408. The first-order valence-corrected chi connectivity index (χ1v) is 11.0. The monoisotopic (exact) mass is 438 g/mol. The lowest BCUT2D eigenvalue weighted by atomic mass is 10.1. The molecule has 0 unspecified atom stereocenters. The minimum Gasteiger partial charge on any atom is -0.286 e. The van der Waals surface area contributed by atoms with Crippen LogP contribution in [0.2, 0.25) is 5.02 Å². The van der Waals surface area contributed by atoms with E-state index in [1.165, 1.54) is 11.3 Å². The summed E-state index contributed by atoms with van der Waals surface area (Å²) >= 11 is 7.80. The van der Waals surface area contributed by atoms with E-state index in [0.717, 1.165) is 32.7 Å². The van der Waals surface area contributed by atoms with E-state index >= 15 is 0 Å². The van der Waals surface area contributed by atoms with Gasteiger partial charge < -0.3 is 0 Å². The van der Waals surface area contributed by atoms with Crippen molar-refractivity contribution in [2.24, 2.45) is 0 Å². The highest BCUT2D eigenvalue weighted by molar-refractivity contribution is 7.22. The number of thiazole rings is 1. The van der Waals surface area contributed by atoms with E-state index in [1.807, 2.05) is 74.0 Å². The average Bonchev–Trinajstić information content (AvgIpc) is 3.29. The first kappa shape index (κ1) is 20.6. The summed E-state index contributed by atoms with van der Waals surface area (Å²) in [6.07, 6.45) is 0.327. The third kappa shape index (κ3) is 4.25. The number of carbonyl (C=O) groups is 1.